The van der Waals surface area contributed by atoms with Crippen LogP contribution in [0.25, 0.3) is 0 Å². The van der Waals surface area contributed by atoms with E-state index in [9.17, 15) is 9.59 Å². The molecule has 37 heavy (non-hydrogen) atoms. The first-order valence-corrected chi connectivity index (χ1v) is 14.0. The monoisotopic (exact) mass is 519 g/mol. The topological polar surface area (TPSA) is 52.7 Å². The molecular weight excluding hydrogens is 478 g/mol. The lowest BCUT2D eigenvalue weighted by molar-refractivity contribution is -0.133. The largest absolute Gasteiger partial charge is 0.332 e. The third-order valence-corrected chi connectivity index (χ3v) is 7.67. The van der Waals surface area contributed by atoms with Gasteiger partial charge in [0.2, 0.25) is 5.91 Å². The molecule has 3 amide bonds. The first kappa shape index (κ1) is 28.5. The van der Waals surface area contributed by atoms with Gasteiger partial charge in [-0.25, -0.2) is 4.79 Å². The second-order valence-corrected chi connectivity index (χ2v) is 11.5. The number of carbonyl (C=O) groups excluding carboxylic acids is 2. The lowest BCUT2D eigenvalue weighted by atomic mass is 9.93. The van der Waals surface area contributed by atoms with E-state index in [0.717, 1.165) is 27.3 Å². The number of aryl methyl sites for hydroxylation is 1. The van der Waals surface area contributed by atoms with Gasteiger partial charge in [-0.1, -0.05) is 76.2 Å². The van der Waals surface area contributed by atoms with Gasteiger partial charge < -0.3 is 15.1 Å². The van der Waals surface area contributed by atoms with Crippen LogP contribution in [-0.4, -0.2) is 34.3 Å². The number of para-hydroxylation sites is 1. The van der Waals surface area contributed by atoms with Gasteiger partial charge in [0, 0.05) is 23.2 Å². The zero-order chi connectivity index (χ0) is 27.1. The van der Waals surface area contributed by atoms with Gasteiger partial charge in [0.05, 0.1) is 6.54 Å². The lowest BCUT2D eigenvalue weighted by Crippen LogP contribution is -2.47. The molecule has 0 radical (unpaired) electrons. The maximum Gasteiger partial charge on any atom is 0.322 e. The van der Waals surface area contributed by atoms with Crippen molar-refractivity contribution in [3.63, 3.8) is 0 Å². The number of rotatable bonds is 10. The van der Waals surface area contributed by atoms with Gasteiger partial charge in [0.25, 0.3) is 0 Å². The third kappa shape index (κ3) is 7.45. The van der Waals surface area contributed by atoms with Crippen molar-refractivity contribution in [1.29, 1.82) is 0 Å². The molecule has 0 spiro atoms. The quantitative estimate of drug-likeness (QED) is 0.297. The molecule has 0 bridgehead atoms. The van der Waals surface area contributed by atoms with Crippen LogP contribution in [0.15, 0.2) is 60.0 Å². The number of anilines is 1. The average Bonchev–Trinajstić information content (AvgIpc) is 3.26. The highest BCUT2D eigenvalue weighted by Crippen LogP contribution is 2.32. The summed E-state index contributed by atoms with van der Waals surface area (Å²) in [5.41, 5.74) is 5.33. The molecule has 2 aromatic carbocycles. The standard InChI is InChI=1S/C31H41N3O2S/c1-21(2)26-14-11-15-27(22(3)4)30(26)32-31(36)34(23(5)6)20-29(35)33(18-25-12-9-8-10-13-25)19-28-24(7)16-17-37-28/h8-17,21-23H,18-20H2,1-7H3,(H,32,36). The van der Waals surface area contributed by atoms with Gasteiger partial charge in [0.15, 0.2) is 0 Å². The molecule has 198 valence electrons. The summed E-state index contributed by atoms with van der Waals surface area (Å²) in [6, 6.07) is 17.9. The van der Waals surface area contributed by atoms with Crippen LogP contribution in [0.3, 0.4) is 0 Å². The second kappa shape index (κ2) is 12.9. The summed E-state index contributed by atoms with van der Waals surface area (Å²) in [5, 5.41) is 5.25. The van der Waals surface area contributed by atoms with Crippen molar-refractivity contribution in [2.45, 2.75) is 79.4 Å². The van der Waals surface area contributed by atoms with E-state index in [-0.39, 0.29) is 36.4 Å². The van der Waals surface area contributed by atoms with Crippen LogP contribution >= 0.6 is 11.3 Å². The van der Waals surface area contributed by atoms with Gasteiger partial charge in [-0.05, 0) is 66.3 Å². The Morgan fingerprint density at radius 2 is 1.46 bits per heavy atom. The van der Waals surface area contributed by atoms with E-state index < -0.39 is 0 Å². The number of hydrogen-bond donors (Lipinski definition) is 1. The lowest BCUT2D eigenvalue weighted by Gasteiger charge is -2.31. The minimum Gasteiger partial charge on any atom is -0.332 e. The van der Waals surface area contributed by atoms with E-state index in [0.29, 0.717) is 13.1 Å². The maximum atomic E-state index is 13.7. The number of amides is 3. The minimum atomic E-state index is -0.245. The number of benzene rings is 2. The van der Waals surface area contributed by atoms with E-state index in [1.165, 1.54) is 5.56 Å². The normalized spacial score (nSPS) is 11.3. The van der Waals surface area contributed by atoms with E-state index in [1.807, 2.05) is 49.1 Å². The van der Waals surface area contributed by atoms with Gasteiger partial charge in [-0.15, -0.1) is 11.3 Å². The summed E-state index contributed by atoms with van der Waals surface area (Å²) >= 11 is 1.66. The van der Waals surface area contributed by atoms with Crippen molar-refractivity contribution in [3.8, 4) is 0 Å². The Morgan fingerprint density at radius 1 is 0.838 bits per heavy atom. The van der Waals surface area contributed by atoms with Crippen molar-refractivity contribution in [3.05, 3.63) is 87.1 Å². The molecule has 0 atom stereocenters. The molecule has 1 N–H and O–H groups in total. The summed E-state index contributed by atoms with van der Waals surface area (Å²) in [6.45, 7) is 15.5. The zero-order valence-corrected chi connectivity index (χ0v) is 24.1. The number of urea groups is 1. The highest BCUT2D eigenvalue weighted by Gasteiger charge is 2.26. The van der Waals surface area contributed by atoms with Crippen LogP contribution in [0.5, 0.6) is 0 Å². The predicted molar refractivity (Wildman–Crippen MR) is 155 cm³/mol. The van der Waals surface area contributed by atoms with Crippen molar-refractivity contribution in [2.75, 3.05) is 11.9 Å². The number of carbonyl (C=O) groups is 2. The van der Waals surface area contributed by atoms with Crippen LogP contribution in [0.2, 0.25) is 0 Å². The summed E-state index contributed by atoms with van der Waals surface area (Å²) in [5.74, 6) is 0.457. The van der Waals surface area contributed by atoms with Crippen LogP contribution in [-0.2, 0) is 17.9 Å². The molecule has 3 aromatic rings. The molecule has 0 aliphatic carbocycles. The van der Waals surface area contributed by atoms with E-state index in [4.69, 9.17) is 0 Å². The molecule has 0 aliphatic heterocycles. The van der Waals surface area contributed by atoms with Crippen molar-refractivity contribution >= 4 is 29.0 Å². The number of nitrogens with zero attached hydrogens (tertiary/aromatic N) is 2. The molecule has 0 aliphatic rings. The number of hydrogen-bond acceptors (Lipinski definition) is 3. The Hall–Kier alpha value is -3.12. The van der Waals surface area contributed by atoms with Crippen molar-refractivity contribution in [2.24, 2.45) is 0 Å². The highest BCUT2D eigenvalue weighted by atomic mass is 32.1. The van der Waals surface area contributed by atoms with Gasteiger partial charge in [-0.3, -0.25) is 4.79 Å². The molecule has 0 unspecified atom stereocenters. The van der Waals surface area contributed by atoms with E-state index >= 15 is 0 Å². The molecule has 3 rings (SSSR count). The van der Waals surface area contributed by atoms with E-state index in [1.54, 1.807) is 16.2 Å². The summed E-state index contributed by atoms with van der Waals surface area (Å²) in [7, 11) is 0. The minimum absolute atomic E-state index is 0.0155. The average molecular weight is 520 g/mol. The third-order valence-electron chi connectivity index (χ3n) is 6.67. The fourth-order valence-corrected chi connectivity index (χ4v) is 5.30. The molecule has 1 aromatic heterocycles. The van der Waals surface area contributed by atoms with Crippen molar-refractivity contribution in [1.82, 2.24) is 9.80 Å². The molecule has 6 heteroatoms. The first-order valence-electron chi connectivity index (χ1n) is 13.1. The smallest absolute Gasteiger partial charge is 0.322 e. The van der Waals surface area contributed by atoms with Crippen LogP contribution in [0.4, 0.5) is 10.5 Å². The van der Waals surface area contributed by atoms with Crippen LogP contribution in [0, 0.1) is 6.92 Å². The Morgan fingerprint density at radius 3 is 1.97 bits per heavy atom. The number of nitrogens with one attached hydrogen (secondary N) is 1. The van der Waals surface area contributed by atoms with Gasteiger partial charge in [0.1, 0.15) is 6.54 Å². The Balaban J connectivity index is 1.85. The Kier molecular flexibility index (Phi) is 9.93. The highest BCUT2D eigenvalue weighted by molar-refractivity contribution is 7.10. The molecule has 1 heterocycles. The molecule has 5 nitrogen and oxygen atoms in total. The summed E-state index contributed by atoms with van der Waals surface area (Å²) in [4.78, 5) is 32.0. The Labute approximate surface area is 226 Å². The second-order valence-electron chi connectivity index (χ2n) is 10.5. The Bertz CT molecular complexity index is 1160. The predicted octanol–water partition coefficient (Wildman–Crippen LogP) is 7.77. The zero-order valence-electron chi connectivity index (χ0n) is 23.2. The summed E-state index contributed by atoms with van der Waals surface area (Å²) in [6.07, 6.45) is 0. The number of thiophene rings is 1. The van der Waals surface area contributed by atoms with E-state index in [2.05, 4.69) is 69.6 Å². The van der Waals surface area contributed by atoms with Crippen molar-refractivity contribution < 1.29 is 9.59 Å². The molecular formula is C31H41N3O2S. The van der Waals surface area contributed by atoms with Gasteiger partial charge >= 0.3 is 6.03 Å². The molecule has 0 saturated heterocycles. The first-order chi connectivity index (χ1) is 17.6. The fourth-order valence-electron chi connectivity index (χ4n) is 4.38. The maximum absolute atomic E-state index is 13.7. The van der Waals surface area contributed by atoms with Gasteiger partial charge in [-0.2, -0.15) is 0 Å². The molecule has 0 fully saturated rings. The molecule has 0 saturated carbocycles. The van der Waals surface area contributed by atoms with Crippen LogP contribution in [0.1, 0.15) is 80.5 Å². The van der Waals surface area contributed by atoms with Crippen LogP contribution < -0.4 is 5.32 Å². The summed E-state index contributed by atoms with van der Waals surface area (Å²) < 4.78 is 0. The fraction of sp³-hybridized carbons (Fsp3) is 0.419. The SMILES string of the molecule is Cc1ccsc1CN(Cc1ccccc1)C(=O)CN(C(=O)Nc1c(C(C)C)cccc1C(C)C)C(C)C.